The van der Waals surface area contributed by atoms with Gasteiger partial charge in [0.15, 0.2) is 12.6 Å². The third-order valence-electron chi connectivity index (χ3n) is 11.2. The van der Waals surface area contributed by atoms with Crippen molar-refractivity contribution in [3.8, 4) is 0 Å². The summed E-state index contributed by atoms with van der Waals surface area (Å²) in [7, 11) is 0. The molecule has 2 aliphatic rings. The lowest BCUT2D eigenvalue weighted by atomic mass is 10.0. The molecule has 0 radical (unpaired) electrons. The van der Waals surface area contributed by atoms with Gasteiger partial charge in [-0.2, -0.15) is 0 Å². The first-order valence-corrected chi connectivity index (χ1v) is 21.1. The van der Waals surface area contributed by atoms with E-state index >= 15 is 0 Å². The molecule has 58 heavy (non-hydrogen) atoms. The summed E-state index contributed by atoms with van der Waals surface area (Å²) in [5.41, 5.74) is 14.2. The van der Waals surface area contributed by atoms with Gasteiger partial charge in [0.25, 0.3) is 0 Å². The van der Waals surface area contributed by atoms with Gasteiger partial charge in [0.1, 0.15) is 0 Å². The average molecular weight is 773 g/mol. The van der Waals surface area contributed by atoms with Crippen LogP contribution in [-0.4, -0.2) is 25.8 Å². The maximum Gasteiger partial charge on any atom is 0.158 e. The van der Waals surface area contributed by atoms with Gasteiger partial charge in [-0.1, -0.05) is 83.9 Å². The minimum Gasteiger partial charge on any atom is -0.353 e. The van der Waals surface area contributed by atoms with E-state index in [9.17, 15) is 0 Å². The molecule has 2 heterocycles. The summed E-state index contributed by atoms with van der Waals surface area (Å²) in [5, 5.41) is 0. The van der Waals surface area contributed by atoms with Crippen molar-refractivity contribution < 1.29 is 18.9 Å². The highest BCUT2D eigenvalue weighted by Crippen LogP contribution is 2.37. The van der Waals surface area contributed by atoms with Crippen LogP contribution in [0.5, 0.6) is 0 Å². The van der Waals surface area contributed by atoms with Crippen LogP contribution in [0.1, 0.15) is 71.9 Å². The molecule has 2 atom stereocenters. The van der Waals surface area contributed by atoms with Gasteiger partial charge in [0.2, 0.25) is 0 Å². The maximum absolute atomic E-state index is 6.09. The molecule has 0 spiro atoms. The van der Waals surface area contributed by atoms with Crippen molar-refractivity contribution in [1.82, 2.24) is 0 Å². The highest BCUT2D eigenvalue weighted by Gasteiger charge is 2.18. The Bertz CT molecular complexity index is 2030. The molecule has 0 saturated carbocycles. The van der Waals surface area contributed by atoms with Crippen molar-refractivity contribution in [2.24, 2.45) is 0 Å². The Morgan fingerprint density at radius 1 is 0.397 bits per heavy atom. The summed E-state index contributed by atoms with van der Waals surface area (Å²) in [5.74, 6) is 0. The number of anilines is 6. The molecular formula is C52H56N2O4. The zero-order chi connectivity index (χ0) is 39.5. The minimum absolute atomic E-state index is 0.103. The first-order chi connectivity index (χ1) is 28.5. The molecule has 0 amide bonds. The first kappa shape index (κ1) is 39.6. The Morgan fingerprint density at radius 3 is 0.983 bits per heavy atom. The predicted octanol–water partition coefficient (Wildman–Crippen LogP) is 13.1. The van der Waals surface area contributed by atoms with Crippen molar-refractivity contribution in [2.75, 3.05) is 23.0 Å². The number of hydrogen-bond donors (Lipinski definition) is 0. The molecule has 2 saturated heterocycles. The smallest absolute Gasteiger partial charge is 0.158 e. The van der Waals surface area contributed by atoms with Gasteiger partial charge in [-0.25, -0.2) is 0 Å². The summed E-state index contributed by atoms with van der Waals surface area (Å²) in [6.45, 7) is 6.91. The van der Waals surface area contributed by atoms with Gasteiger partial charge in [-0.3, -0.25) is 0 Å². The molecule has 2 fully saturated rings. The highest BCUT2D eigenvalue weighted by molar-refractivity contribution is 5.78. The predicted molar refractivity (Wildman–Crippen MR) is 236 cm³/mol. The van der Waals surface area contributed by atoms with E-state index in [0.717, 1.165) is 110 Å². The molecule has 0 aromatic heterocycles. The molecule has 0 bridgehead atoms. The van der Waals surface area contributed by atoms with E-state index in [1.54, 1.807) is 0 Å². The summed E-state index contributed by atoms with van der Waals surface area (Å²) >= 11 is 0. The third-order valence-corrected chi connectivity index (χ3v) is 11.2. The Morgan fingerprint density at radius 2 is 0.690 bits per heavy atom. The molecule has 0 N–H and O–H groups in total. The molecule has 2 unspecified atom stereocenters. The first-order valence-electron chi connectivity index (χ1n) is 21.1. The molecule has 2 aliphatic heterocycles. The Balaban J connectivity index is 0.960. The lowest BCUT2D eigenvalue weighted by molar-refractivity contribution is -0.169. The van der Waals surface area contributed by atoms with Crippen LogP contribution in [-0.2, 0) is 45.0 Å². The molecule has 6 aromatic carbocycles. The van der Waals surface area contributed by atoms with Crippen LogP contribution >= 0.6 is 0 Å². The van der Waals surface area contributed by atoms with E-state index in [-0.39, 0.29) is 12.6 Å². The molecule has 6 aromatic rings. The summed E-state index contributed by atoms with van der Waals surface area (Å²) < 4.78 is 23.8. The van der Waals surface area contributed by atoms with Gasteiger partial charge >= 0.3 is 0 Å². The number of rotatable bonds is 15. The quantitative estimate of drug-likeness (QED) is 0.104. The van der Waals surface area contributed by atoms with Crippen molar-refractivity contribution in [3.63, 3.8) is 0 Å². The van der Waals surface area contributed by atoms with E-state index < -0.39 is 0 Å². The van der Waals surface area contributed by atoms with Gasteiger partial charge in [-0.15, -0.1) is 0 Å². The van der Waals surface area contributed by atoms with Crippen LogP contribution in [0.4, 0.5) is 34.1 Å². The van der Waals surface area contributed by atoms with E-state index in [4.69, 9.17) is 18.9 Å². The van der Waals surface area contributed by atoms with Crippen LogP contribution in [0, 0.1) is 13.8 Å². The van der Waals surface area contributed by atoms with E-state index in [2.05, 4.69) is 169 Å². The van der Waals surface area contributed by atoms with E-state index in [1.807, 2.05) is 0 Å². The Labute approximate surface area is 345 Å². The van der Waals surface area contributed by atoms with Crippen molar-refractivity contribution in [2.45, 2.75) is 91.0 Å². The number of hydrogen-bond acceptors (Lipinski definition) is 6. The zero-order valence-corrected chi connectivity index (χ0v) is 34.0. The van der Waals surface area contributed by atoms with Crippen molar-refractivity contribution in [3.05, 3.63) is 179 Å². The molecular weight excluding hydrogens is 717 g/mol. The number of ether oxygens (including phenoxy) is 4. The summed E-state index contributed by atoms with van der Waals surface area (Å²) in [4.78, 5) is 4.65. The molecule has 6 heteroatoms. The Hall–Kier alpha value is -5.24. The fourth-order valence-electron chi connectivity index (χ4n) is 7.74. The number of benzene rings is 6. The fraction of sp³-hybridized carbons (Fsp3) is 0.308. The largest absolute Gasteiger partial charge is 0.353 e. The third kappa shape index (κ3) is 10.4. The molecule has 6 nitrogen and oxygen atoms in total. The number of aryl methyl sites for hydroxylation is 4. The minimum atomic E-state index is -0.103. The van der Waals surface area contributed by atoms with Gasteiger partial charge in [0, 0.05) is 47.3 Å². The molecule has 8 rings (SSSR count). The van der Waals surface area contributed by atoms with Crippen LogP contribution in [0.25, 0.3) is 0 Å². The highest BCUT2D eigenvalue weighted by atomic mass is 16.7. The maximum atomic E-state index is 6.09. The summed E-state index contributed by atoms with van der Waals surface area (Å²) in [6, 6.07) is 53.0. The Kier molecular flexibility index (Phi) is 13.3. The second-order valence-electron chi connectivity index (χ2n) is 15.7. The average Bonchev–Trinajstić information content (AvgIpc) is 3.28. The lowest BCUT2D eigenvalue weighted by Crippen LogP contribution is -2.22. The molecule has 0 aliphatic carbocycles. The van der Waals surface area contributed by atoms with Crippen LogP contribution < -0.4 is 9.80 Å². The van der Waals surface area contributed by atoms with Crippen LogP contribution in [0.2, 0.25) is 0 Å². The van der Waals surface area contributed by atoms with Crippen molar-refractivity contribution >= 4 is 34.1 Å². The second-order valence-corrected chi connectivity index (χ2v) is 15.7. The topological polar surface area (TPSA) is 43.4 Å². The fourth-order valence-corrected chi connectivity index (χ4v) is 7.74. The van der Waals surface area contributed by atoms with Gasteiger partial charge < -0.3 is 28.7 Å². The normalized spacial score (nSPS) is 16.9. The SMILES string of the molecule is Cc1ccc(N(c2ccc(C)cc2)c2ccc(CCc3ccc(N(c4ccc(COC5CCCCO5)cc4)c4ccc(COC5CCCCO5)cc4)cc3)cc2)cc1. The second kappa shape index (κ2) is 19.5. The lowest BCUT2D eigenvalue weighted by Gasteiger charge is -2.27. The van der Waals surface area contributed by atoms with Gasteiger partial charge in [0.05, 0.1) is 13.2 Å². The number of nitrogens with zero attached hydrogens (tertiary/aromatic N) is 2. The monoisotopic (exact) mass is 772 g/mol. The molecule has 298 valence electrons. The zero-order valence-electron chi connectivity index (χ0n) is 34.0. The van der Waals surface area contributed by atoms with Crippen molar-refractivity contribution in [1.29, 1.82) is 0 Å². The van der Waals surface area contributed by atoms with Crippen LogP contribution in [0.3, 0.4) is 0 Å². The van der Waals surface area contributed by atoms with Gasteiger partial charge in [-0.05, 0) is 160 Å². The van der Waals surface area contributed by atoms with Crippen LogP contribution in [0.15, 0.2) is 146 Å². The standard InChI is InChI=1S/C52H56N2O4/c1-39-9-23-45(24-10-39)53(46-25-11-40(2)12-26-46)47-27-15-41(16-28-47)13-14-42-17-29-48(30-18-42)54(49-31-19-43(20-32-49)37-57-51-7-3-5-35-55-51)50-33-21-44(22-34-50)38-58-52-8-4-6-36-56-52/h9-12,15-34,51-52H,3-8,13-14,35-38H2,1-2H3. The summed E-state index contributed by atoms with van der Waals surface area (Å²) in [6.07, 6.45) is 8.19. The van der Waals surface area contributed by atoms with E-state index in [1.165, 1.54) is 22.3 Å². The van der Waals surface area contributed by atoms with E-state index in [0.29, 0.717) is 13.2 Å².